The maximum absolute atomic E-state index is 13.8. The van der Waals surface area contributed by atoms with E-state index in [0.717, 1.165) is 5.39 Å². The summed E-state index contributed by atoms with van der Waals surface area (Å²) in [7, 11) is 1.57. The molecule has 0 amide bonds. The van der Waals surface area contributed by atoms with Gasteiger partial charge < -0.3 is 14.5 Å². The van der Waals surface area contributed by atoms with E-state index in [-0.39, 0.29) is 5.82 Å². The molecular weight excluding hydrogens is 355 g/mol. The van der Waals surface area contributed by atoms with Crippen molar-refractivity contribution in [2.75, 3.05) is 12.4 Å². The van der Waals surface area contributed by atoms with Crippen molar-refractivity contribution >= 4 is 33.1 Å². The summed E-state index contributed by atoms with van der Waals surface area (Å²) >= 11 is 1.28. The van der Waals surface area contributed by atoms with Gasteiger partial charge in [0, 0.05) is 10.8 Å². The van der Waals surface area contributed by atoms with Gasteiger partial charge in [0.25, 0.3) is 0 Å². The fraction of sp³-hybridized carbons (Fsp3) is 0.0526. The quantitative estimate of drug-likeness (QED) is 0.524. The Morgan fingerprint density at radius 1 is 1.19 bits per heavy atom. The van der Waals surface area contributed by atoms with Crippen molar-refractivity contribution in [2.24, 2.45) is 0 Å². The molecule has 2 aromatic carbocycles. The van der Waals surface area contributed by atoms with Crippen LogP contribution in [0.25, 0.3) is 22.2 Å². The molecule has 0 aliphatic heterocycles. The molecule has 0 aliphatic rings. The molecule has 0 saturated heterocycles. The molecule has 4 aromatic rings. The number of hydrogen-bond donors (Lipinski definition) is 1. The molecule has 2 heterocycles. The van der Waals surface area contributed by atoms with Crippen LogP contribution >= 0.6 is 11.3 Å². The van der Waals surface area contributed by atoms with Gasteiger partial charge in [-0.25, -0.2) is 14.2 Å². The average Bonchev–Trinajstić information content (AvgIpc) is 3.11. The van der Waals surface area contributed by atoms with Crippen molar-refractivity contribution in [1.82, 2.24) is 4.98 Å². The fourth-order valence-electron chi connectivity index (χ4n) is 2.54. The van der Waals surface area contributed by atoms with Crippen molar-refractivity contribution in [3.8, 4) is 17.0 Å². The van der Waals surface area contributed by atoms with Crippen LogP contribution in [-0.2, 0) is 0 Å². The molecule has 2 aromatic heterocycles. The first-order valence-electron chi connectivity index (χ1n) is 7.73. The normalized spacial score (nSPS) is 10.8. The zero-order valence-electron chi connectivity index (χ0n) is 13.7. The van der Waals surface area contributed by atoms with Crippen LogP contribution in [0, 0.1) is 5.82 Å². The predicted octanol–water partition coefficient (Wildman–Crippen LogP) is 4.81. The summed E-state index contributed by atoms with van der Waals surface area (Å²) in [6.45, 7) is 0. The Balaban J connectivity index is 1.72. The SMILES string of the molecule is COc1ccc2oc(=O)c(-c3csc(Nc4ccccc4F)n3)cc2c1. The van der Waals surface area contributed by atoms with Crippen LogP contribution in [0.4, 0.5) is 15.2 Å². The summed E-state index contributed by atoms with van der Waals surface area (Å²) < 4.78 is 24.3. The van der Waals surface area contributed by atoms with Crippen molar-refractivity contribution in [3.05, 3.63) is 70.1 Å². The highest BCUT2D eigenvalue weighted by atomic mass is 32.1. The maximum atomic E-state index is 13.8. The van der Waals surface area contributed by atoms with E-state index >= 15 is 0 Å². The van der Waals surface area contributed by atoms with Crippen LogP contribution in [0.15, 0.2) is 63.1 Å². The Bertz CT molecular complexity index is 1150. The van der Waals surface area contributed by atoms with E-state index in [0.29, 0.717) is 33.4 Å². The Hall–Kier alpha value is -3.19. The van der Waals surface area contributed by atoms with Gasteiger partial charge in [-0.1, -0.05) is 12.1 Å². The van der Waals surface area contributed by atoms with Gasteiger partial charge >= 0.3 is 5.63 Å². The van der Waals surface area contributed by atoms with Gasteiger partial charge in [0.2, 0.25) is 0 Å². The largest absolute Gasteiger partial charge is 0.497 e. The minimum Gasteiger partial charge on any atom is -0.497 e. The zero-order valence-corrected chi connectivity index (χ0v) is 14.5. The molecular formula is C19H13FN2O3S. The molecule has 130 valence electrons. The topological polar surface area (TPSA) is 64.4 Å². The van der Waals surface area contributed by atoms with E-state index in [1.807, 2.05) is 0 Å². The van der Waals surface area contributed by atoms with Crippen molar-refractivity contribution in [1.29, 1.82) is 0 Å². The third-order valence-corrected chi connectivity index (χ3v) is 4.59. The molecule has 0 aliphatic carbocycles. The van der Waals surface area contributed by atoms with Gasteiger partial charge in [0.1, 0.15) is 17.1 Å². The Labute approximate surface area is 151 Å². The molecule has 7 heteroatoms. The number of nitrogens with zero attached hydrogens (tertiary/aromatic N) is 1. The van der Waals surface area contributed by atoms with Gasteiger partial charge in [-0.2, -0.15) is 0 Å². The van der Waals surface area contributed by atoms with Crippen LogP contribution in [-0.4, -0.2) is 12.1 Å². The number of benzene rings is 2. The van der Waals surface area contributed by atoms with Gasteiger partial charge in [0.15, 0.2) is 5.13 Å². The van der Waals surface area contributed by atoms with Gasteiger partial charge in [-0.05, 0) is 36.4 Å². The number of fused-ring (bicyclic) bond motifs is 1. The number of ether oxygens (including phenoxy) is 1. The number of para-hydroxylation sites is 1. The van der Waals surface area contributed by atoms with E-state index in [9.17, 15) is 9.18 Å². The molecule has 0 radical (unpaired) electrons. The highest BCUT2D eigenvalue weighted by molar-refractivity contribution is 7.14. The molecule has 0 atom stereocenters. The molecule has 26 heavy (non-hydrogen) atoms. The molecule has 4 rings (SSSR count). The van der Waals surface area contributed by atoms with Gasteiger partial charge in [-0.15, -0.1) is 11.3 Å². The first-order chi connectivity index (χ1) is 12.6. The number of thiazole rings is 1. The molecule has 0 fully saturated rings. The molecule has 0 saturated carbocycles. The highest BCUT2D eigenvalue weighted by Gasteiger charge is 2.13. The van der Waals surface area contributed by atoms with E-state index in [4.69, 9.17) is 9.15 Å². The molecule has 5 nitrogen and oxygen atoms in total. The average molecular weight is 368 g/mol. The number of hydrogen-bond acceptors (Lipinski definition) is 6. The summed E-state index contributed by atoms with van der Waals surface area (Å²) in [5.41, 5.74) is 1.12. The van der Waals surface area contributed by atoms with Crippen LogP contribution in [0.2, 0.25) is 0 Å². The minimum absolute atomic E-state index is 0.323. The second-order valence-electron chi connectivity index (χ2n) is 5.49. The van der Waals surface area contributed by atoms with E-state index < -0.39 is 5.63 Å². The van der Waals surface area contributed by atoms with Gasteiger partial charge in [-0.3, -0.25) is 0 Å². The number of methoxy groups -OCH3 is 1. The maximum Gasteiger partial charge on any atom is 0.345 e. The molecule has 0 bridgehead atoms. The van der Waals surface area contributed by atoms with Crippen LogP contribution in [0.3, 0.4) is 0 Å². The van der Waals surface area contributed by atoms with Crippen molar-refractivity contribution < 1.29 is 13.5 Å². The monoisotopic (exact) mass is 368 g/mol. The predicted molar refractivity (Wildman–Crippen MR) is 99.8 cm³/mol. The lowest BCUT2D eigenvalue weighted by Gasteiger charge is -2.04. The lowest BCUT2D eigenvalue weighted by atomic mass is 10.1. The van der Waals surface area contributed by atoms with E-state index in [1.54, 1.807) is 55.0 Å². The lowest BCUT2D eigenvalue weighted by molar-refractivity contribution is 0.415. The van der Waals surface area contributed by atoms with Crippen LogP contribution in [0.5, 0.6) is 5.75 Å². The Kier molecular flexibility index (Phi) is 4.14. The Morgan fingerprint density at radius 2 is 2.04 bits per heavy atom. The number of halogens is 1. The van der Waals surface area contributed by atoms with Crippen LogP contribution < -0.4 is 15.7 Å². The van der Waals surface area contributed by atoms with Crippen LogP contribution in [0.1, 0.15) is 0 Å². The first kappa shape index (κ1) is 16.3. The molecule has 1 N–H and O–H groups in total. The summed E-state index contributed by atoms with van der Waals surface area (Å²) in [5, 5.41) is 5.85. The number of rotatable bonds is 4. The Morgan fingerprint density at radius 3 is 2.85 bits per heavy atom. The smallest absolute Gasteiger partial charge is 0.345 e. The van der Waals surface area contributed by atoms with Crippen molar-refractivity contribution in [2.45, 2.75) is 0 Å². The molecule has 0 unspecified atom stereocenters. The second-order valence-corrected chi connectivity index (χ2v) is 6.35. The third kappa shape index (κ3) is 3.04. The number of nitrogens with one attached hydrogen (secondary N) is 1. The second kappa shape index (κ2) is 6.61. The number of aromatic nitrogens is 1. The highest BCUT2D eigenvalue weighted by Crippen LogP contribution is 2.29. The zero-order chi connectivity index (χ0) is 18.1. The lowest BCUT2D eigenvalue weighted by Crippen LogP contribution is -2.03. The number of anilines is 2. The summed E-state index contributed by atoms with van der Waals surface area (Å²) in [6.07, 6.45) is 0. The van der Waals surface area contributed by atoms with Crippen molar-refractivity contribution in [3.63, 3.8) is 0 Å². The summed E-state index contributed by atoms with van der Waals surface area (Å²) in [5.74, 6) is 0.291. The first-order valence-corrected chi connectivity index (χ1v) is 8.61. The molecule has 0 spiro atoms. The fourth-order valence-corrected chi connectivity index (χ4v) is 3.26. The summed E-state index contributed by atoms with van der Waals surface area (Å²) in [6, 6.07) is 13.2. The minimum atomic E-state index is -0.481. The van der Waals surface area contributed by atoms with Gasteiger partial charge in [0.05, 0.1) is 24.1 Å². The van der Waals surface area contributed by atoms with E-state index in [1.165, 1.54) is 17.4 Å². The van der Waals surface area contributed by atoms with E-state index in [2.05, 4.69) is 10.3 Å². The standard InChI is InChI=1S/C19H13FN2O3S/c1-24-12-6-7-17-11(8-12)9-13(18(23)25-17)16-10-26-19(22-16)21-15-5-3-2-4-14(15)20/h2-10H,1H3,(H,21,22). The third-order valence-electron chi connectivity index (χ3n) is 3.83. The summed E-state index contributed by atoms with van der Waals surface area (Å²) in [4.78, 5) is 16.7.